The van der Waals surface area contributed by atoms with Crippen molar-refractivity contribution in [1.29, 1.82) is 0 Å². The van der Waals surface area contributed by atoms with Crippen molar-refractivity contribution in [1.82, 2.24) is 5.43 Å². The molecule has 0 unspecified atom stereocenters. The molecule has 0 saturated carbocycles. The number of hydrogen-bond acceptors (Lipinski definition) is 7. The number of sulfone groups is 1. The molecule has 27 heavy (non-hydrogen) atoms. The van der Waals surface area contributed by atoms with E-state index in [4.69, 9.17) is 14.2 Å². The van der Waals surface area contributed by atoms with Gasteiger partial charge in [-0.2, -0.15) is 5.10 Å². The lowest BCUT2D eigenvalue weighted by atomic mass is 10.2. The summed E-state index contributed by atoms with van der Waals surface area (Å²) in [5.41, 5.74) is 3.23. The quantitative estimate of drug-likeness (QED) is 0.570. The minimum absolute atomic E-state index is 0.137. The van der Waals surface area contributed by atoms with Gasteiger partial charge in [0.1, 0.15) is 5.75 Å². The molecule has 9 heteroatoms. The van der Waals surface area contributed by atoms with Crippen LogP contribution < -0.4 is 19.6 Å². The monoisotopic (exact) mass is 392 g/mol. The molecule has 0 bridgehead atoms. The summed E-state index contributed by atoms with van der Waals surface area (Å²) in [7, 11) is 1.21. The van der Waals surface area contributed by atoms with Gasteiger partial charge in [0.2, 0.25) is 0 Å². The van der Waals surface area contributed by atoms with Crippen LogP contribution in [0.4, 0.5) is 0 Å². The van der Waals surface area contributed by atoms with Gasteiger partial charge in [-0.05, 0) is 30.3 Å². The zero-order valence-electron chi connectivity index (χ0n) is 15.3. The molecule has 0 aliphatic heterocycles. The Balaban J connectivity index is 2.16. The molecule has 2 aromatic rings. The van der Waals surface area contributed by atoms with Gasteiger partial charge in [-0.1, -0.05) is 0 Å². The third kappa shape index (κ3) is 4.98. The zero-order chi connectivity index (χ0) is 20.0. The number of hydrazone groups is 1. The molecule has 1 N–H and O–H groups in total. The predicted molar refractivity (Wildman–Crippen MR) is 101 cm³/mol. The summed E-state index contributed by atoms with van der Waals surface area (Å²) in [6, 6.07) is 8.87. The van der Waals surface area contributed by atoms with Crippen LogP contribution in [0.2, 0.25) is 0 Å². The average Bonchev–Trinajstić information content (AvgIpc) is 2.66. The van der Waals surface area contributed by atoms with Gasteiger partial charge >= 0.3 is 0 Å². The van der Waals surface area contributed by atoms with Crippen LogP contribution >= 0.6 is 0 Å². The van der Waals surface area contributed by atoms with Gasteiger partial charge in [0.25, 0.3) is 5.91 Å². The standard InChI is InChI=1S/C18H20N2O6S/c1-24-15-10-17(26-3)16(25-2)9-13(15)11-19-20-18(21)12-5-7-14(8-6-12)27(4,22)23/h5-11H,1-4H3,(H,20,21)/b19-11+. The molecule has 2 aromatic carbocycles. The minimum atomic E-state index is -3.32. The van der Waals surface area contributed by atoms with E-state index in [9.17, 15) is 13.2 Å². The molecule has 0 atom stereocenters. The lowest BCUT2D eigenvalue weighted by Gasteiger charge is -2.11. The highest BCUT2D eigenvalue weighted by atomic mass is 32.2. The first kappa shape index (κ1) is 20.2. The van der Waals surface area contributed by atoms with Crippen molar-refractivity contribution in [3.05, 3.63) is 47.5 Å². The zero-order valence-corrected chi connectivity index (χ0v) is 16.2. The Morgan fingerprint density at radius 1 is 0.963 bits per heavy atom. The molecule has 8 nitrogen and oxygen atoms in total. The fraction of sp³-hybridized carbons (Fsp3) is 0.222. The summed E-state index contributed by atoms with van der Waals surface area (Å²) in [6.07, 6.45) is 2.51. The van der Waals surface area contributed by atoms with Crippen molar-refractivity contribution in [3.63, 3.8) is 0 Å². The Bertz CT molecular complexity index is 953. The summed E-state index contributed by atoms with van der Waals surface area (Å²) < 4.78 is 38.6. The summed E-state index contributed by atoms with van der Waals surface area (Å²) in [5.74, 6) is 0.998. The number of benzene rings is 2. The summed E-state index contributed by atoms with van der Waals surface area (Å²) in [6.45, 7) is 0. The van der Waals surface area contributed by atoms with Crippen LogP contribution in [0.15, 0.2) is 46.4 Å². The number of nitrogens with one attached hydrogen (secondary N) is 1. The molecule has 0 heterocycles. The Morgan fingerprint density at radius 2 is 1.52 bits per heavy atom. The largest absolute Gasteiger partial charge is 0.496 e. The topological polar surface area (TPSA) is 103 Å². The van der Waals surface area contributed by atoms with E-state index in [2.05, 4.69) is 10.5 Å². The fourth-order valence-corrected chi connectivity index (χ4v) is 2.86. The van der Waals surface area contributed by atoms with Crippen molar-refractivity contribution in [2.24, 2.45) is 5.10 Å². The molecule has 1 amide bonds. The number of hydrogen-bond donors (Lipinski definition) is 1. The third-order valence-electron chi connectivity index (χ3n) is 3.65. The molecule has 0 radical (unpaired) electrons. The van der Waals surface area contributed by atoms with E-state index in [1.54, 1.807) is 12.1 Å². The summed E-state index contributed by atoms with van der Waals surface area (Å²) >= 11 is 0. The first-order valence-electron chi connectivity index (χ1n) is 7.73. The van der Waals surface area contributed by atoms with Crippen molar-refractivity contribution in [3.8, 4) is 17.2 Å². The van der Waals surface area contributed by atoms with E-state index in [0.717, 1.165) is 6.26 Å². The highest BCUT2D eigenvalue weighted by molar-refractivity contribution is 7.90. The second-order valence-corrected chi connectivity index (χ2v) is 7.46. The maximum atomic E-state index is 12.1. The second kappa shape index (κ2) is 8.54. The van der Waals surface area contributed by atoms with E-state index in [1.807, 2.05) is 0 Å². The molecule has 0 saturated heterocycles. The van der Waals surface area contributed by atoms with Crippen LogP contribution in [0, 0.1) is 0 Å². The summed E-state index contributed by atoms with van der Waals surface area (Å²) in [4.78, 5) is 12.3. The summed E-state index contributed by atoms with van der Waals surface area (Å²) in [5, 5.41) is 3.91. The molecule has 0 aromatic heterocycles. The molecular formula is C18H20N2O6S. The van der Waals surface area contributed by atoms with Crippen LogP contribution in [-0.4, -0.2) is 48.1 Å². The van der Waals surface area contributed by atoms with Gasteiger partial charge in [0, 0.05) is 23.4 Å². The van der Waals surface area contributed by atoms with E-state index >= 15 is 0 Å². The van der Waals surface area contributed by atoms with Gasteiger partial charge in [-0.25, -0.2) is 13.8 Å². The first-order valence-corrected chi connectivity index (χ1v) is 9.62. The molecule has 0 fully saturated rings. The lowest BCUT2D eigenvalue weighted by Crippen LogP contribution is -2.17. The van der Waals surface area contributed by atoms with Gasteiger partial charge < -0.3 is 14.2 Å². The Morgan fingerprint density at radius 3 is 2.04 bits per heavy atom. The van der Waals surface area contributed by atoms with Crippen LogP contribution in [0.5, 0.6) is 17.2 Å². The Hall–Kier alpha value is -3.07. The number of rotatable bonds is 7. The predicted octanol–water partition coefficient (Wildman–Crippen LogP) is 1.88. The van der Waals surface area contributed by atoms with Gasteiger partial charge in [0.15, 0.2) is 21.3 Å². The van der Waals surface area contributed by atoms with Gasteiger partial charge in [-0.15, -0.1) is 0 Å². The molecule has 2 rings (SSSR count). The third-order valence-corrected chi connectivity index (χ3v) is 4.78. The van der Waals surface area contributed by atoms with Crippen LogP contribution in [0.3, 0.4) is 0 Å². The molecule has 0 spiro atoms. The van der Waals surface area contributed by atoms with E-state index in [-0.39, 0.29) is 10.5 Å². The average molecular weight is 392 g/mol. The van der Waals surface area contributed by atoms with Crippen LogP contribution in [0.1, 0.15) is 15.9 Å². The molecule has 144 valence electrons. The van der Waals surface area contributed by atoms with E-state index in [1.165, 1.54) is 51.8 Å². The maximum absolute atomic E-state index is 12.1. The molecular weight excluding hydrogens is 372 g/mol. The van der Waals surface area contributed by atoms with Gasteiger partial charge in [0.05, 0.1) is 32.4 Å². The van der Waals surface area contributed by atoms with Crippen molar-refractivity contribution in [2.45, 2.75) is 4.90 Å². The van der Waals surface area contributed by atoms with Gasteiger partial charge in [-0.3, -0.25) is 4.79 Å². The molecule has 0 aliphatic carbocycles. The number of amides is 1. The van der Waals surface area contributed by atoms with Crippen molar-refractivity contribution < 1.29 is 27.4 Å². The van der Waals surface area contributed by atoms with Crippen LogP contribution in [0.25, 0.3) is 0 Å². The number of methoxy groups -OCH3 is 3. The van der Waals surface area contributed by atoms with E-state index < -0.39 is 15.7 Å². The normalized spacial score (nSPS) is 11.3. The minimum Gasteiger partial charge on any atom is -0.496 e. The number of carbonyl (C=O) groups is 1. The van der Waals surface area contributed by atoms with Crippen molar-refractivity contribution >= 4 is 22.0 Å². The lowest BCUT2D eigenvalue weighted by molar-refractivity contribution is 0.0955. The number of ether oxygens (including phenoxy) is 3. The maximum Gasteiger partial charge on any atom is 0.271 e. The highest BCUT2D eigenvalue weighted by Gasteiger charge is 2.11. The Kier molecular flexibility index (Phi) is 6.40. The number of nitrogens with zero attached hydrogens (tertiary/aromatic N) is 1. The second-order valence-electron chi connectivity index (χ2n) is 5.44. The van der Waals surface area contributed by atoms with E-state index in [0.29, 0.717) is 22.8 Å². The van der Waals surface area contributed by atoms with Crippen molar-refractivity contribution in [2.75, 3.05) is 27.6 Å². The first-order chi connectivity index (χ1) is 12.8. The smallest absolute Gasteiger partial charge is 0.271 e. The van der Waals surface area contributed by atoms with Crippen LogP contribution in [-0.2, 0) is 9.84 Å². The highest BCUT2D eigenvalue weighted by Crippen LogP contribution is 2.33. The Labute approximate surface area is 157 Å². The SMILES string of the molecule is COc1cc(OC)c(OC)cc1/C=N/NC(=O)c1ccc(S(C)(=O)=O)cc1. The molecule has 0 aliphatic rings. The number of carbonyl (C=O) groups excluding carboxylic acids is 1. The fourth-order valence-electron chi connectivity index (χ4n) is 2.23.